The lowest BCUT2D eigenvalue weighted by Crippen LogP contribution is -2.13. The molecule has 0 aliphatic heterocycles. The van der Waals surface area contributed by atoms with Gasteiger partial charge in [0.15, 0.2) is 0 Å². The molecule has 25 heavy (non-hydrogen) atoms. The van der Waals surface area contributed by atoms with Crippen LogP contribution in [0.1, 0.15) is 10.5 Å². The van der Waals surface area contributed by atoms with Crippen LogP contribution in [0.3, 0.4) is 0 Å². The smallest absolute Gasteiger partial charge is 0.274 e. The van der Waals surface area contributed by atoms with Crippen molar-refractivity contribution in [3.8, 4) is 11.3 Å². The second kappa shape index (κ2) is 6.49. The maximum absolute atomic E-state index is 12.3. The van der Waals surface area contributed by atoms with Gasteiger partial charge in [0.05, 0.1) is 11.2 Å². The van der Waals surface area contributed by atoms with Crippen molar-refractivity contribution in [1.29, 1.82) is 0 Å². The molecule has 0 radical (unpaired) electrons. The predicted molar refractivity (Wildman–Crippen MR) is 97.2 cm³/mol. The van der Waals surface area contributed by atoms with Crippen LogP contribution in [-0.2, 0) is 0 Å². The van der Waals surface area contributed by atoms with Gasteiger partial charge in [0.2, 0.25) is 0 Å². The van der Waals surface area contributed by atoms with E-state index < -0.39 is 0 Å². The Balaban J connectivity index is 1.69. The Morgan fingerprint density at radius 2 is 1.72 bits per heavy atom. The number of nitrogens with zero attached hydrogens (tertiary/aromatic N) is 3. The monoisotopic (exact) mass is 326 g/mol. The normalized spacial score (nSPS) is 10.6. The van der Waals surface area contributed by atoms with Gasteiger partial charge in [-0.3, -0.25) is 9.78 Å². The van der Waals surface area contributed by atoms with Crippen LogP contribution in [0.15, 0.2) is 79.3 Å². The highest BCUT2D eigenvalue weighted by molar-refractivity contribution is 6.03. The van der Waals surface area contributed by atoms with E-state index in [1.165, 1.54) is 0 Å². The van der Waals surface area contributed by atoms with Crippen LogP contribution in [-0.4, -0.2) is 20.9 Å². The molecule has 0 unspecified atom stereocenters. The standard InChI is InChI=1S/C20H14N4O/c25-20(18-10-3-4-11-21-18)24-15-7-5-6-14(12-15)19-16-8-1-2-9-17(16)22-13-23-19/h1-13H,(H,24,25). The summed E-state index contributed by atoms with van der Waals surface area (Å²) >= 11 is 0. The zero-order chi connectivity index (χ0) is 17.1. The van der Waals surface area contributed by atoms with E-state index >= 15 is 0 Å². The number of benzene rings is 2. The van der Waals surface area contributed by atoms with Crippen LogP contribution in [0.4, 0.5) is 5.69 Å². The molecule has 2 heterocycles. The van der Waals surface area contributed by atoms with Crippen molar-refractivity contribution in [2.75, 3.05) is 5.32 Å². The summed E-state index contributed by atoms with van der Waals surface area (Å²) in [5, 5.41) is 3.84. The number of pyridine rings is 1. The number of para-hydroxylation sites is 1. The minimum absolute atomic E-state index is 0.245. The molecule has 5 heteroatoms. The maximum atomic E-state index is 12.3. The van der Waals surface area contributed by atoms with E-state index in [4.69, 9.17) is 0 Å². The first-order chi connectivity index (χ1) is 12.3. The molecule has 0 aliphatic carbocycles. The van der Waals surface area contributed by atoms with Crippen LogP contribution >= 0.6 is 0 Å². The van der Waals surface area contributed by atoms with Gasteiger partial charge in [0.25, 0.3) is 5.91 Å². The summed E-state index contributed by atoms with van der Waals surface area (Å²) in [4.78, 5) is 25.0. The van der Waals surface area contributed by atoms with E-state index in [0.29, 0.717) is 11.4 Å². The van der Waals surface area contributed by atoms with Gasteiger partial charge >= 0.3 is 0 Å². The predicted octanol–water partition coefficient (Wildman–Crippen LogP) is 3.94. The van der Waals surface area contributed by atoms with Crippen molar-refractivity contribution < 1.29 is 4.79 Å². The summed E-state index contributed by atoms with van der Waals surface area (Å²) in [6.07, 6.45) is 3.15. The number of rotatable bonds is 3. The molecule has 1 N–H and O–H groups in total. The topological polar surface area (TPSA) is 67.8 Å². The minimum Gasteiger partial charge on any atom is -0.321 e. The number of hydrogen-bond donors (Lipinski definition) is 1. The summed E-state index contributed by atoms with van der Waals surface area (Å²) in [5.41, 5.74) is 3.70. The molecule has 120 valence electrons. The van der Waals surface area contributed by atoms with Crippen LogP contribution in [0.2, 0.25) is 0 Å². The summed E-state index contributed by atoms with van der Waals surface area (Å²) < 4.78 is 0. The summed E-state index contributed by atoms with van der Waals surface area (Å²) in [5.74, 6) is -0.245. The lowest BCUT2D eigenvalue weighted by molar-refractivity contribution is 0.102. The largest absolute Gasteiger partial charge is 0.321 e. The van der Waals surface area contributed by atoms with Gasteiger partial charge in [-0.25, -0.2) is 9.97 Å². The molecular formula is C20H14N4O. The Bertz CT molecular complexity index is 1040. The van der Waals surface area contributed by atoms with Crippen molar-refractivity contribution in [2.24, 2.45) is 0 Å². The number of amides is 1. The number of nitrogens with one attached hydrogen (secondary N) is 1. The zero-order valence-corrected chi connectivity index (χ0v) is 13.3. The molecule has 0 aliphatic rings. The second-order valence-electron chi connectivity index (χ2n) is 5.49. The fourth-order valence-electron chi connectivity index (χ4n) is 2.67. The van der Waals surface area contributed by atoms with Crippen molar-refractivity contribution in [3.05, 3.63) is 84.9 Å². The Morgan fingerprint density at radius 3 is 2.60 bits per heavy atom. The summed E-state index contributed by atoms with van der Waals surface area (Å²) in [7, 11) is 0. The minimum atomic E-state index is -0.245. The zero-order valence-electron chi connectivity index (χ0n) is 13.3. The number of aromatic nitrogens is 3. The molecule has 0 saturated heterocycles. The molecule has 5 nitrogen and oxygen atoms in total. The van der Waals surface area contributed by atoms with Crippen molar-refractivity contribution in [1.82, 2.24) is 15.0 Å². The summed E-state index contributed by atoms with van der Waals surface area (Å²) in [6.45, 7) is 0. The van der Waals surface area contributed by atoms with Gasteiger partial charge in [-0.05, 0) is 30.3 Å². The first kappa shape index (κ1) is 15.0. The van der Waals surface area contributed by atoms with E-state index in [2.05, 4.69) is 20.3 Å². The number of fused-ring (bicyclic) bond motifs is 1. The molecule has 4 aromatic rings. The fraction of sp³-hybridized carbons (Fsp3) is 0. The van der Waals surface area contributed by atoms with Crippen LogP contribution in [0.25, 0.3) is 22.2 Å². The first-order valence-corrected chi connectivity index (χ1v) is 7.84. The lowest BCUT2D eigenvalue weighted by atomic mass is 10.1. The Kier molecular flexibility index (Phi) is 3.88. The molecule has 0 saturated carbocycles. The van der Waals surface area contributed by atoms with Gasteiger partial charge < -0.3 is 5.32 Å². The fourth-order valence-corrected chi connectivity index (χ4v) is 2.67. The number of carbonyl (C=O) groups is 1. The van der Waals surface area contributed by atoms with E-state index in [1.54, 1.807) is 30.7 Å². The number of carbonyl (C=O) groups excluding carboxylic acids is 1. The van der Waals surface area contributed by atoms with E-state index in [0.717, 1.165) is 22.2 Å². The summed E-state index contributed by atoms with van der Waals surface area (Å²) in [6, 6.07) is 20.7. The third-order valence-electron chi connectivity index (χ3n) is 3.83. The van der Waals surface area contributed by atoms with Gasteiger partial charge in [0, 0.05) is 22.8 Å². The lowest BCUT2D eigenvalue weighted by Gasteiger charge is -2.08. The number of hydrogen-bond acceptors (Lipinski definition) is 4. The maximum Gasteiger partial charge on any atom is 0.274 e. The molecule has 0 spiro atoms. The molecule has 2 aromatic heterocycles. The Morgan fingerprint density at radius 1 is 0.840 bits per heavy atom. The molecular weight excluding hydrogens is 312 g/mol. The van der Waals surface area contributed by atoms with Gasteiger partial charge in [-0.15, -0.1) is 0 Å². The van der Waals surface area contributed by atoms with Crippen molar-refractivity contribution in [2.45, 2.75) is 0 Å². The van der Waals surface area contributed by atoms with Crippen molar-refractivity contribution in [3.63, 3.8) is 0 Å². The number of anilines is 1. The highest BCUT2D eigenvalue weighted by atomic mass is 16.1. The second-order valence-corrected chi connectivity index (χ2v) is 5.49. The van der Waals surface area contributed by atoms with Crippen molar-refractivity contribution >= 4 is 22.5 Å². The van der Waals surface area contributed by atoms with Gasteiger partial charge in [-0.1, -0.05) is 36.4 Å². The first-order valence-electron chi connectivity index (χ1n) is 7.84. The molecule has 0 atom stereocenters. The van der Waals surface area contributed by atoms with E-state index in [9.17, 15) is 4.79 Å². The van der Waals surface area contributed by atoms with E-state index in [-0.39, 0.29) is 5.91 Å². The Hall–Kier alpha value is -3.60. The van der Waals surface area contributed by atoms with Gasteiger partial charge in [0.1, 0.15) is 12.0 Å². The van der Waals surface area contributed by atoms with Crippen LogP contribution in [0, 0.1) is 0 Å². The SMILES string of the molecule is O=C(Nc1cccc(-c2ncnc3ccccc23)c1)c1ccccn1. The Labute approximate surface area is 144 Å². The van der Waals surface area contributed by atoms with Crippen LogP contribution in [0.5, 0.6) is 0 Å². The van der Waals surface area contributed by atoms with Crippen LogP contribution < -0.4 is 5.32 Å². The highest BCUT2D eigenvalue weighted by Crippen LogP contribution is 2.27. The highest BCUT2D eigenvalue weighted by Gasteiger charge is 2.09. The third kappa shape index (κ3) is 3.07. The molecule has 1 amide bonds. The molecule has 4 rings (SSSR count). The average molecular weight is 326 g/mol. The average Bonchev–Trinajstić information content (AvgIpc) is 2.68. The quantitative estimate of drug-likeness (QED) is 0.619. The van der Waals surface area contributed by atoms with E-state index in [1.807, 2.05) is 48.5 Å². The molecule has 0 bridgehead atoms. The molecule has 0 fully saturated rings. The third-order valence-corrected chi connectivity index (χ3v) is 3.83. The van der Waals surface area contributed by atoms with Gasteiger partial charge in [-0.2, -0.15) is 0 Å². The molecule has 2 aromatic carbocycles.